The van der Waals surface area contributed by atoms with E-state index in [0.717, 1.165) is 5.56 Å². The Hall–Kier alpha value is -1.82. The molecule has 0 aliphatic carbocycles. The van der Waals surface area contributed by atoms with Crippen LogP contribution in [0.1, 0.15) is 12.0 Å². The predicted molar refractivity (Wildman–Crippen MR) is 80.6 cm³/mol. The first-order chi connectivity index (χ1) is 10.0. The van der Waals surface area contributed by atoms with Crippen molar-refractivity contribution in [2.24, 2.45) is 0 Å². The van der Waals surface area contributed by atoms with Crippen LogP contribution in [0.25, 0.3) is 0 Å². The standard InChI is InChI=1S/C15H19NO4S/c1-2-9-16(14-8-10-21(18,19)12-14)15(17)20-11-13-6-4-3-5-7-13/h2-7,14H,1,8-12H2. The van der Waals surface area contributed by atoms with Crippen LogP contribution in [-0.2, 0) is 21.2 Å². The van der Waals surface area contributed by atoms with Gasteiger partial charge in [0.2, 0.25) is 0 Å². The average molecular weight is 309 g/mol. The molecule has 1 saturated heterocycles. The highest BCUT2D eigenvalue weighted by Gasteiger charge is 2.34. The molecule has 1 atom stereocenters. The normalized spacial score (nSPS) is 19.9. The zero-order valence-corrected chi connectivity index (χ0v) is 12.6. The van der Waals surface area contributed by atoms with Gasteiger partial charge in [-0.25, -0.2) is 13.2 Å². The van der Waals surface area contributed by atoms with Gasteiger partial charge >= 0.3 is 6.09 Å². The molecule has 2 rings (SSSR count). The van der Waals surface area contributed by atoms with E-state index in [4.69, 9.17) is 4.74 Å². The Balaban J connectivity index is 1.97. The molecule has 1 aliphatic rings. The van der Waals surface area contributed by atoms with Crippen LogP contribution in [0.4, 0.5) is 4.79 Å². The summed E-state index contributed by atoms with van der Waals surface area (Å²) >= 11 is 0. The van der Waals surface area contributed by atoms with Gasteiger partial charge in [-0.2, -0.15) is 0 Å². The molecule has 1 fully saturated rings. The quantitative estimate of drug-likeness (QED) is 0.780. The van der Waals surface area contributed by atoms with Gasteiger partial charge in [0.1, 0.15) is 6.61 Å². The highest BCUT2D eigenvalue weighted by Crippen LogP contribution is 2.19. The second-order valence-corrected chi connectivity index (χ2v) is 7.27. The molecule has 0 aromatic heterocycles. The van der Waals surface area contributed by atoms with Crippen LogP contribution in [-0.4, -0.2) is 43.5 Å². The molecule has 0 saturated carbocycles. The molecule has 1 aromatic rings. The Bertz CT molecular complexity index is 597. The number of hydrogen-bond acceptors (Lipinski definition) is 4. The smallest absolute Gasteiger partial charge is 0.410 e. The highest BCUT2D eigenvalue weighted by atomic mass is 32.2. The van der Waals surface area contributed by atoms with Crippen LogP contribution >= 0.6 is 0 Å². The minimum atomic E-state index is -3.04. The van der Waals surface area contributed by atoms with E-state index < -0.39 is 15.9 Å². The third kappa shape index (κ3) is 4.32. The van der Waals surface area contributed by atoms with E-state index in [0.29, 0.717) is 6.42 Å². The van der Waals surface area contributed by atoms with Gasteiger partial charge in [-0.1, -0.05) is 36.4 Å². The summed E-state index contributed by atoms with van der Waals surface area (Å²) in [7, 11) is -3.04. The Labute approximate surface area is 125 Å². The first-order valence-electron chi connectivity index (χ1n) is 6.80. The Morgan fingerprint density at radius 1 is 1.38 bits per heavy atom. The van der Waals surface area contributed by atoms with Gasteiger partial charge < -0.3 is 9.64 Å². The van der Waals surface area contributed by atoms with Crippen molar-refractivity contribution in [3.8, 4) is 0 Å². The molecule has 0 bridgehead atoms. The summed E-state index contributed by atoms with van der Waals surface area (Å²) in [5, 5.41) is 0. The Kier molecular flexibility index (Phi) is 5.01. The molecule has 1 heterocycles. The molecule has 5 nitrogen and oxygen atoms in total. The first kappa shape index (κ1) is 15.6. The monoisotopic (exact) mass is 309 g/mol. The fraction of sp³-hybridized carbons (Fsp3) is 0.400. The van der Waals surface area contributed by atoms with E-state index in [2.05, 4.69) is 6.58 Å². The summed E-state index contributed by atoms with van der Waals surface area (Å²) in [6.07, 6.45) is 1.53. The predicted octanol–water partition coefficient (Wildman–Crippen LogP) is 2.00. The number of amides is 1. The first-order valence-corrected chi connectivity index (χ1v) is 8.62. The van der Waals surface area contributed by atoms with Crippen molar-refractivity contribution in [1.82, 2.24) is 4.90 Å². The van der Waals surface area contributed by atoms with Gasteiger partial charge in [0.05, 0.1) is 17.5 Å². The summed E-state index contributed by atoms with van der Waals surface area (Å²) in [5.74, 6) is 0.124. The van der Waals surface area contributed by atoms with Crippen LogP contribution in [0.2, 0.25) is 0 Å². The van der Waals surface area contributed by atoms with Gasteiger partial charge in [0.25, 0.3) is 0 Å². The number of benzene rings is 1. The fourth-order valence-corrected chi connectivity index (χ4v) is 4.07. The van der Waals surface area contributed by atoms with Crippen molar-refractivity contribution in [2.45, 2.75) is 19.1 Å². The van der Waals surface area contributed by atoms with Gasteiger partial charge in [-0.15, -0.1) is 6.58 Å². The van der Waals surface area contributed by atoms with Crippen molar-refractivity contribution in [2.75, 3.05) is 18.1 Å². The summed E-state index contributed by atoms with van der Waals surface area (Å²) < 4.78 is 28.4. The zero-order chi connectivity index (χ0) is 15.3. The minimum absolute atomic E-state index is 0.00127. The molecule has 21 heavy (non-hydrogen) atoms. The number of ether oxygens (including phenoxy) is 1. The van der Waals surface area contributed by atoms with E-state index >= 15 is 0 Å². The van der Waals surface area contributed by atoms with Crippen LogP contribution < -0.4 is 0 Å². The number of hydrogen-bond donors (Lipinski definition) is 0. The molecule has 1 aromatic carbocycles. The van der Waals surface area contributed by atoms with Crippen molar-refractivity contribution in [1.29, 1.82) is 0 Å². The third-order valence-electron chi connectivity index (χ3n) is 3.41. The molecule has 0 spiro atoms. The molecule has 114 valence electrons. The maximum Gasteiger partial charge on any atom is 0.410 e. The Morgan fingerprint density at radius 3 is 2.67 bits per heavy atom. The topological polar surface area (TPSA) is 63.7 Å². The van der Waals surface area contributed by atoms with E-state index in [1.807, 2.05) is 30.3 Å². The van der Waals surface area contributed by atoms with Crippen LogP contribution in [0, 0.1) is 0 Å². The summed E-state index contributed by atoms with van der Waals surface area (Å²) in [4.78, 5) is 13.6. The number of rotatable bonds is 5. The molecule has 1 aliphatic heterocycles. The number of carbonyl (C=O) groups is 1. The highest BCUT2D eigenvalue weighted by molar-refractivity contribution is 7.91. The van der Waals surface area contributed by atoms with Gasteiger partial charge in [0, 0.05) is 6.54 Å². The lowest BCUT2D eigenvalue weighted by molar-refractivity contribution is 0.0888. The minimum Gasteiger partial charge on any atom is -0.445 e. The van der Waals surface area contributed by atoms with Gasteiger partial charge in [0.15, 0.2) is 9.84 Å². The lowest BCUT2D eigenvalue weighted by atomic mass is 10.2. The van der Waals surface area contributed by atoms with Crippen LogP contribution in [0.15, 0.2) is 43.0 Å². The zero-order valence-electron chi connectivity index (χ0n) is 11.8. The summed E-state index contributed by atoms with van der Waals surface area (Å²) in [6, 6.07) is 9.04. The molecule has 0 radical (unpaired) electrons. The van der Waals surface area contributed by atoms with Crippen molar-refractivity contribution < 1.29 is 17.9 Å². The van der Waals surface area contributed by atoms with Crippen molar-refractivity contribution in [3.63, 3.8) is 0 Å². The molecular weight excluding hydrogens is 290 g/mol. The van der Waals surface area contributed by atoms with Crippen molar-refractivity contribution in [3.05, 3.63) is 48.6 Å². The van der Waals surface area contributed by atoms with E-state index in [1.54, 1.807) is 6.08 Å². The fourth-order valence-electron chi connectivity index (χ4n) is 2.34. The van der Waals surface area contributed by atoms with E-state index in [-0.39, 0.29) is 30.7 Å². The molecule has 0 N–H and O–H groups in total. The number of sulfone groups is 1. The summed E-state index contributed by atoms with van der Waals surface area (Å²) in [5.41, 5.74) is 0.892. The largest absolute Gasteiger partial charge is 0.445 e. The number of nitrogens with zero attached hydrogens (tertiary/aromatic N) is 1. The maximum atomic E-state index is 12.2. The average Bonchev–Trinajstić information content (AvgIpc) is 2.83. The third-order valence-corrected chi connectivity index (χ3v) is 5.16. The Morgan fingerprint density at radius 2 is 2.10 bits per heavy atom. The lowest BCUT2D eigenvalue weighted by Crippen LogP contribution is -2.41. The molecule has 1 amide bonds. The SMILES string of the molecule is C=CCN(C(=O)OCc1ccccc1)C1CCS(=O)(=O)C1. The molecular formula is C15H19NO4S. The molecule has 1 unspecified atom stereocenters. The second kappa shape index (κ2) is 6.76. The van der Waals surface area contributed by atoms with Gasteiger partial charge in [-0.05, 0) is 12.0 Å². The second-order valence-electron chi connectivity index (χ2n) is 5.04. The van der Waals surface area contributed by atoms with E-state index in [9.17, 15) is 13.2 Å². The molecule has 6 heteroatoms. The van der Waals surface area contributed by atoms with Crippen LogP contribution in [0.3, 0.4) is 0 Å². The summed E-state index contributed by atoms with van der Waals surface area (Å²) in [6.45, 7) is 4.07. The van der Waals surface area contributed by atoms with Gasteiger partial charge in [-0.3, -0.25) is 0 Å². The number of carbonyl (C=O) groups excluding carboxylic acids is 1. The van der Waals surface area contributed by atoms with E-state index in [1.165, 1.54) is 4.90 Å². The van der Waals surface area contributed by atoms with Crippen LogP contribution in [0.5, 0.6) is 0 Å². The van der Waals surface area contributed by atoms with Crippen molar-refractivity contribution >= 4 is 15.9 Å². The lowest BCUT2D eigenvalue weighted by Gasteiger charge is -2.26. The maximum absolute atomic E-state index is 12.2.